The van der Waals surface area contributed by atoms with Crippen molar-refractivity contribution in [3.8, 4) is 10.9 Å². The minimum Gasteiger partial charge on any atom is -0.431 e. The molecule has 0 radical (unpaired) electrons. The average Bonchev–Trinajstić information content (AvgIpc) is 3.04. The van der Waals surface area contributed by atoms with E-state index in [9.17, 15) is 4.79 Å². The van der Waals surface area contributed by atoms with Crippen LogP contribution in [0.5, 0.6) is 10.9 Å². The molecule has 0 unspecified atom stereocenters. The first-order chi connectivity index (χ1) is 11.1. The molecule has 0 aliphatic heterocycles. The molecular weight excluding hydrogens is 355 g/mol. The number of ether oxygens (including phenoxy) is 1. The first-order valence-corrected chi connectivity index (χ1v) is 8.19. The number of thiazole rings is 1. The van der Waals surface area contributed by atoms with E-state index in [4.69, 9.17) is 27.9 Å². The normalized spacial score (nSPS) is 10.3. The molecule has 1 N–H and O–H groups in total. The lowest BCUT2D eigenvalue weighted by Gasteiger charge is -2.07. The third kappa shape index (κ3) is 4.01. The van der Waals surface area contributed by atoms with E-state index in [2.05, 4.69) is 10.3 Å². The number of nitrogens with zero attached hydrogens (tertiary/aromatic N) is 1. The third-order valence-corrected chi connectivity index (χ3v) is 4.30. The first kappa shape index (κ1) is 15.8. The fraction of sp³-hybridized carbons (Fsp3) is 0. The molecule has 4 nitrogen and oxygen atoms in total. The second kappa shape index (κ2) is 7.00. The van der Waals surface area contributed by atoms with Crippen molar-refractivity contribution < 1.29 is 9.53 Å². The Morgan fingerprint density at radius 2 is 1.87 bits per heavy atom. The van der Waals surface area contributed by atoms with Crippen LogP contribution in [0.25, 0.3) is 0 Å². The van der Waals surface area contributed by atoms with Crippen LogP contribution < -0.4 is 10.1 Å². The zero-order valence-electron chi connectivity index (χ0n) is 11.6. The number of halogens is 2. The summed E-state index contributed by atoms with van der Waals surface area (Å²) in [6, 6.07) is 11.7. The summed E-state index contributed by atoms with van der Waals surface area (Å²) >= 11 is 13.2. The summed E-state index contributed by atoms with van der Waals surface area (Å²) in [6.45, 7) is 0. The van der Waals surface area contributed by atoms with Crippen molar-refractivity contribution in [2.24, 2.45) is 0 Å². The van der Waals surface area contributed by atoms with E-state index in [1.165, 1.54) is 11.3 Å². The topological polar surface area (TPSA) is 51.2 Å². The fourth-order valence-electron chi connectivity index (χ4n) is 1.81. The third-order valence-electron chi connectivity index (χ3n) is 2.91. The number of benzene rings is 2. The van der Waals surface area contributed by atoms with Crippen LogP contribution in [-0.2, 0) is 0 Å². The van der Waals surface area contributed by atoms with E-state index >= 15 is 0 Å². The molecule has 1 aromatic heterocycles. The Labute approximate surface area is 146 Å². The van der Waals surface area contributed by atoms with Crippen LogP contribution >= 0.6 is 34.5 Å². The molecule has 0 aliphatic rings. The number of aromatic nitrogens is 1. The Hall–Kier alpha value is -2.08. The van der Waals surface area contributed by atoms with Gasteiger partial charge in [0.25, 0.3) is 11.1 Å². The molecule has 3 rings (SSSR count). The highest BCUT2D eigenvalue weighted by atomic mass is 35.5. The van der Waals surface area contributed by atoms with Gasteiger partial charge >= 0.3 is 0 Å². The Balaban J connectivity index is 1.68. The molecule has 0 saturated carbocycles. The quantitative estimate of drug-likeness (QED) is 0.665. The number of carbonyl (C=O) groups is 1. The summed E-state index contributed by atoms with van der Waals surface area (Å²) in [4.78, 5) is 16.2. The largest absolute Gasteiger partial charge is 0.431 e. The smallest absolute Gasteiger partial charge is 0.278 e. The van der Waals surface area contributed by atoms with Crippen molar-refractivity contribution in [2.45, 2.75) is 0 Å². The number of carbonyl (C=O) groups excluding carboxylic acids is 1. The second-order valence-electron chi connectivity index (χ2n) is 4.51. The van der Waals surface area contributed by atoms with Gasteiger partial charge < -0.3 is 10.1 Å². The van der Waals surface area contributed by atoms with E-state index in [0.717, 1.165) is 0 Å². The van der Waals surface area contributed by atoms with Crippen molar-refractivity contribution >= 4 is 46.1 Å². The van der Waals surface area contributed by atoms with Crippen molar-refractivity contribution in [1.29, 1.82) is 0 Å². The maximum absolute atomic E-state index is 12.2. The summed E-state index contributed by atoms with van der Waals surface area (Å²) in [5.41, 5.74) is 1.08. The SMILES string of the molecule is O=C(Nc1ccc(Cl)c(Cl)c1)c1ccc(Oc2nccs2)cc1. The van der Waals surface area contributed by atoms with Gasteiger partial charge in [-0.15, -0.1) is 0 Å². The maximum atomic E-state index is 12.2. The van der Waals surface area contributed by atoms with Crippen LogP contribution in [0.2, 0.25) is 10.0 Å². The van der Waals surface area contributed by atoms with E-state index in [1.54, 1.807) is 48.7 Å². The summed E-state index contributed by atoms with van der Waals surface area (Å²) in [7, 11) is 0. The Morgan fingerprint density at radius 3 is 2.52 bits per heavy atom. The predicted octanol–water partition coefficient (Wildman–Crippen LogP) is 5.49. The van der Waals surface area contributed by atoms with Crippen LogP contribution in [0.4, 0.5) is 5.69 Å². The summed E-state index contributed by atoms with van der Waals surface area (Å²) in [5, 5.41) is 5.96. The van der Waals surface area contributed by atoms with Crippen molar-refractivity contribution in [1.82, 2.24) is 4.98 Å². The van der Waals surface area contributed by atoms with Gasteiger partial charge in [-0.05, 0) is 42.5 Å². The number of anilines is 1. The van der Waals surface area contributed by atoms with Gasteiger partial charge in [0.05, 0.1) is 10.0 Å². The highest BCUT2D eigenvalue weighted by Crippen LogP contribution is 2.26. The summed E-state index contributed by atoms with van der Waals surface area (Å²) < 4.78 is 5.54. The molecular formula is C16H10Cl2N2O2S. The van der Waals surface area contributed by atoms with Crippen LogP contribution in [0, 0.1) is 0 Å². The minimum atomic E-state index is -0.246. The highest BCUT2D eigenvalue weighted by molar-refractivity contribution is 7.11. The molecule has 1 amide bonds. The van der Waals surface area contributed by atoms with Gasteiger partial charge in [0.15, 0.2) is 0 Å². The van der Waals surface area contributed by atoms with Gasteiger partial charge in [-0.3, -0.25) is 4.79 Å². The Morgan fingerprint density at radius 1 is 1.09 bits per heavy atom. The first-order valence-electron chi connectivity index (χ1n) is 6.55. The van der Waals surface area contributed by atoms with E-state index in [0.29, 0.717) is 32.2 Å². The maximum Gasteiger partial charge on any atom is 0.278 e. The molecule has 1 heterocycles. The minimum absolute atomic E-state index is 0.246. The van der Waals surface area contributed by atoms with Gasteiger partial charge in [0, 0.05) is 22.8 Å². The highest BCUT2D eigenvalue weighted by Gasteiger charge is 2.08. The molecule has 0 fully saturated rings. The lowest BCUT2D eigenvalue weighted by molar-refractivity contribution is 0.102. The Bertz CT molecular complexity index is 821. The van der Waals surface area contributed by atoms with Crippen LogP contribution in [0.1, 0.15) is 10.4 Å². The number of hydrogen-bond acceptors (Lipinski definition) is 4. The van der Waals surface area contributed by atoms with Crippen LogP contribution in [-0.4, -0.2) is 10.9 Å². The molecule has 3 aromatic rings. The van der Waals surface area contributed by atoms with Crippen LogP contribution in [0.3, 0.4) is 0 Å². The molecule has 116 valence electrons. The molecule has 23 heavy (non-hydrogen) atoms. The standard InChI is InChI=1S/C16H10Cl2N2O2S/c17-13-6-3-11(9-14(13)18)20-15(21)10-1-4-12(5-2-10)22-16-19-7-8-23-16/h1-9H,(H,20,21). The lowest BCUT2D eigenvalue weighted by atomic mass is 10.2. The van der Waals surface area contributed by atoms with Gasteiger partial charge in [-0.1, -0.05) is 34.5 Å². The fourth-order valence-corrected chi connectivity index (χ4v) is 2.62. The molecule has 2 aromatic carbocycles. The van der Waals surface area contributed by atoms with Gasteiger partial charge in [0.1, 0.15) is 5.75 Å². The van der Waals surface area contributed by atoms with Crippen molar-refractivity contribution in [3.05, 3.63) is 69.7 Å². The molecule has 0 bridgehead atoms. The van der Waals surface area contributed by atoms with E-state index < -0.39 is 0 Å². The van der Waals surface area contributed by atoms with E-state index in [-0.39, 0.29) is 5.91 Å². The molecule has 7 heteroatoms. The van der Waals surface area contributed by atoms with Gasteiger partial charge in [-0.25, -0.2) is 4.98 Å². The zero-order valence-corrected chi connectivity index (χ0v) is 14.0. The summed E-state index contributed by atoms with van der Waals surface area (Å²) in [6.07, 6.45) is 1.67. The monoisotopic (exact) mass is 364 g/mol. The summed E-state index contributed by atoms with van der Waals surface area (Å²) in [5.74, 6) is 0.371. The number of rotatable bonds is 4. The zero-order chi connectivity index (χ0) is 16.2. The number of hydrogen-bond donors (Lipinski definition) is 1. The average molecular weight is 365 g/mol. The predicted molar refractivity (Wildman–Crippen MR) is 93.0 cm³/mol. The van der Waals surface area contributed by atoms with E-state index in [1.807, 2.05) is 5.38 Å². The molecule has 0 aliphatic carbocycles. The lowest BCUT2D eigenvalue weighted by Crippen LogP contribution is -2.11. The van der Waals surface area contributed by atoms with Gasteiger partial charge in [-0.2, -0.15) is 0 Å². The molecule has 0 saturated heterocycles. The van der Waals surface area contributed by atoms with Gasteiger partial charge in [0.2, 0.25) is 0 Å². The molecule has 0 atom stereocenters. The van der Waals surface area contributed by atoms with Crippen LogP contribution in [0.15, 0.2) is 54.0 Å². The Kier molecular flexibility index (Phi) is 4.81. The number of nitrogens with one attached hydrogen (secondary N) is 1. The molecule has 0 spiro atoms. The number of amides is 1. The second-order valence-corrected chi connectivity index (χ2v) is 6.18. The van der Waals surface area contributed by atoms with Crippen molar-refractivity contribution in [2.75, 3.05) is 5.32 Å². The van der Waals surface area contributed by atoms with Crippen molar-refractivity contribution in [3.63, 3.8) is 0 Å².